The summed E-state index contributed by atoms with van der Waals surface area (Å²) in [5.74, 6) is -0.789. The van der Waals surface area contributed by atoms with Gasteiger partial charge >= 0.3 is 0 Å². The Bertz CT molecular complexity index is 357. The third-order valence-corrected chi connectivity index (χ3v) is 3.31. The van der Waals surface area contributed by atoms with Crippen LogP contribution in [-0.2, 0) is 14.3 Å². The standard InChI is InChI=1S/C11H11NO3/c1-2-5-12-10(13)8-6-3-4-7(15-6)9(8)11(12)14/h2-4,6-9H,1,5H2/t6-,7+,8+,9-. The highest BCUT2D eigenvalue weighted by Crippen LogP contribution is 2.44. The minimum Gasteiger partial charge on any atom is -0.365 e. The second kappa shape index (κ2) is 2.79. The second-order valence-corrected chi connectivity index (χ2v) is 4.08. The van der Waals surface area contributed by atoms with Crippen molar-refractivity contribution in [1.82, 2.24) is 4.90 Å². The number of rotatable bonds is 2. The molecule has 0 aromatic heterocycles. The fourth-order valence-corrected chi connectivity index (χ4v) is 2.67. The highest BCUT2D eigenvalue weighted by molar-refractivity contribution is 6.06. The minimum absolute atomic E-state index is 0.109. The summed E-state index contributed by atoms with van der Waals surface area (Å²) in [6, 6.07) is 0. The molecular formula is C11H11NO3. The summed E-state index contributed by atoms with van der Waals surface area (Å²) in [5, 5.41) is 0. The molecule has 3 heterocycles. The van der Waals surface area contributed by atoms with Crippen LogP contribution in [0.25, 0.3) is 0 Å². The van der Waals surface area contributed by atoms with Crippen molar-refractivity contribution in [2.24, 2.45) is 11.8 Å². The Balaban J connectivity index is 1.96. The van der Waals surface area contributed by atoms with E-state index in [1.165, 1.54) is 4.90 Å². The van der Waals surface area contributed by atoms with Gasteiger partial charge in [-0.3, -0.25) is 14.5 Å². The quantitative estimate of drug-likeness (QED) is 0.475. The summed E-state index contributed by atoms with van der Waals surface area (Å²) < 4.78 is 5.50. The van der Waals surface area contributed by atoms with E-state index in [1.807, 2.05) is 12.2 Å². The number of fused-ring (bicyclic) bond motifs is 5. The van der Waals surface area contributed by atoms with Crippen LogP contribution in [0, 0.1) is 11.8 Å². The molecule has 3 aliphatic heterocycles. The average molecular weight is 205 g/mol. The van der Waals surface area contributed by atoms with E-state index in [2.05, 4.69) is 6.58 Å². The Morgan fingerprint density at radius 1 is 1.27 bits per heavy atom. The van der Waals surface area contributed by atoms with Gasteiger partial charge in [-0.15, -0.1) is 6.58 Å². The molecule has 15 heavy (non-hydrogen) atoms. The lowest BCUT2D eigenvalue weighted by Crippen LogP contribution is -2.34. The molecule has 4 nitrogen and oxygen atoms in total. The van der Waals surface area contributed by atoms with Gasteiger partial charge in [-0.25, -0.2) is 0 Å². The highest BCUT2D eigenvalue weighted by atomic mass is 16.5. The Labute approximate surface area is 87.2 Å². The maximum Gasteiger partial charge on any atom is 0.236 e. The first kappa shape index (κ1) is 8.85. The van der Waals surface area contributed by atoms with Gasteiger partial charge in [0.15, 0.2) is 0 Å². The van der Waals surface area contributed by atoms with E-state index < -0.39 is 0 Å². The van der Waals surface area contributed by atoms with Crippen LogP contribution in [0.15, 0.2) is 24.8 Å². The second-order valence-electron chi connectivity index (χ2n) is 4.08. The normalized spacial score (nSPS) is 41.5. The van der Waals surface area contributed by atoms with Crippen LogP contribution < -0.4 is 0 Å². The first-order chi connectivity index (χ1) is 7.24. The zero-order chi connectivity index (χ0) is 10.6. The topological polar surface area (TPSA) is 46.6 Å². The van der Waals surface area contributed by atoms with Crippen molar-refractivity contribution in [3.63, 3.8) is 0 Å². The molecule has 0 N–H and O–H groups in total. The molecule has 3 aliphatic rings. The third kappa shape index (κ3) is 0.946. The van der Waals surface area contributed by atoms with Crippen molar-refractivity contribution in [1.29, 1.82) is 0 Å². The van der Waals surface area contributed by atoms with Gasteiger partial charge < -0.3 is 4.74 Å². The lowest BCUT2D eigenvalue weighted by Gasteiger charge is -2.14. The molecule has 0 aliphatic carbocycles. The number of imide groups is 1. The van der Waals surface area contributed by atoms with Crippen molar-refractivity contribution < 1.29 is 14.3 Å². The van der Waals surface area contributed by atoms with Crippen LogP contribution in [0.5, 0.6) is 0 Å². The number of amides is 2. The maximum absolute atomic E-state index is 11.9. The number of likely N-dealkylation sites (tertiary alicyclic amines) is 1. The van der Waals surface area contributed by atoms with Crippen molar-refractivity contribution >= 4 is 11.8 Å². The molecule has 0 spiro atoms. The van der Waals surface area contributed by atoms with E-state index in [9.17, 15) is 9.59 Å². The van der Waals surface area contributed by atoms with E-state index in [4.69, 9.17) is 4.74 Å². The SMILES string of the molecule is C=CCN1C(=O)[C@@H]2[C@H](C1=O)[C@@H]1C=C[C@H]2O1. The molecule has 0 aromatic carbocycles. The molecular weight excluding hydrogens is 194 g/mol. The summed E-state index contributed by atoms with van der Waals surface area (Å²) in [6.07, 6.45) is 4.97. The molecule has 0 radical (unpaired) electrons. The van der Waals surface area contributed by atoms with E-state index >= 15 is 0 Å². The Morgan fingerprint density at radius 2 is 1.80 bits per heavy atom. The molecule has 2 saturated heterocycles. The van der Waals surface area contributed by atoms with Crippen LogP contribution in [0.3, 0.4) is 0 Å². The molecule has 0 saturated carbocycles. The number of carbonyl (C=O) groups excluding carboxylic acids is 2. The van der Waals surface area contributed by atoms with Crippen molar-refractivity contribution in [2.75, 3.05) is 6.54 Å². The van der Waals surface area contributed by atoms with Gasteiger partial charge in [-0.1, -0.05) is 18.2 Å². The zero-order valence-electron chi connectivity index (χ0n) is 8.13. The van der Waals surface area contributed by atoms with Gasteiger partial charge in [-0.05, 0) is 0 Å². The van der Waals surface area contributed by atoms with E-state index in [0.717, 1.165) is 0 Å². The van der Waals surface area contributed by atoms with Gasteiger partial charge in [0, 0.05) is 6.54 Å². The number of carbonyl (C=O) groups is 2. The van der Waals surface area contributed by atoms with Crippen LogP contribution in [0.4, 0.5) is 0 Å². The first-order valence-corrected chi connectivity index (χ1v) is 5.04. The zero-order valence-corrected chi connectivity index (χ0v) is 8.13. The summed E-state index contributed by atoms with van der Waals surface area (Å²) >= 11 is 0. The predicted molar refractivity (Wildman–Crippen MR) is 51.7 cm³/mol. The molecule has 2 bridgehead atoms. The van der Waals surface area contributed by atoms with Crippen LogP contribution in [0.2, 0.25) is 0 Å². The smallest absolute Gasteiger partial charge is 0.236 e. The Kier molecular flexibility index (Phi) is 1.65. The minimum atomic E-state index is -0.285. The average Bonchev–Trinajstić information content (AvgIpc) is 2.87. The number of hydrogen-bond donors (Lipinski definition) is 0. The largest absolute Gasteiger partial charge is 0.365 e. The lowest BCUT2D eigenvalue weighted by atomic mass is 9.85. The predicted octanol–water partition coefficient (Wildman–Crippen LogP) is 0.111. The fraction of sp³-hybridized carbons (Fsp3) is 0.455. The van der Waals surface area contributed by atoms with Gasteiger partial charge in [0.05, 0.1) is 24.0 Å². The highest BCUT2D eigenvalue weighted by Gasteiger charge is 2.60. The van der Waals surface area contributed by atoms with Gasteiger partial charge in [0.25, 0.3) is 0 Å². The van der Waals surface area contributed by atoms with Crippen molar-refractivity contribution in [2.45, 2.75) is 12.2 Å². The van der Waals surface area contributed by atoms with Crippen molar-refractivity contribution in [3.8, 4) is 0 Å². The molecule has 3 rings (SSSR count). The first-order valence-electron chi connectivity index (χ1n) is 5.04. The van der Waals surface area contributed by atoms with E-state index in [0.29, 0.717) is 6.54 Å². The summed E-state index contributed by atoms with van der Waals surface area (Å²) in [7, 11) is 0. The summed E-state index contributed by atoms with van der Waals surface area (Å²) in [6.45, 7) is 3.86. The lowest BCUT2D eigenvalue weighted by molar-refractivity contribution is -0.141. The molecule has 2 fully saturated rings. The Morgan fingerprint density at radius 3 is 2.27 bits per heavy atom. The monoisotopic (exact) mass is 205 g/mol. The molecule has 4 heteroatoms. The van der Waals surface area contributed by atoms with Gasteiger partial charge in [-0.2, -0.15) is 0 Å². The van der Waals surface area contributed by atoms with Crippen molar-refractivity contribution in [3.05, 3.63) is 24.8 Å². The number of hydrogen-bond acceptors (Lipinski definition) is 3. The molecule has 2 amide bonds. The maximum atomic E-state index is 11.9. The summed E-state index contributed by atoms with van der Waals surface area (Å²) in [5.41, 5.74) is 0. The van der Waals surface area contributed by atoms with Crippen LogP contribution >= 0.6 is 0 Å². The van der Waals surface area contributed by atoms with Gasteiger partial charge in [0.1, 0.15) is 0 Å². The number of ether oxygens (including phenoxy) is 1. The van der Waals surface area contributed by atoms with Gasteiger partial charge in [0.2, 0.25) is 11.8 Å². The van der Waals surface area contributed by atoms with E-state index in [1.54, 1.807) is 6.08 Å². The molecule has 4 atom stereocenters. The fourth-order valence-electron chi connectivity index (χ4n) is 2.67. The molecule has 78 valence electrons. The molecule has 0 unspecified atom stereocenters. The molecule has 0 aromatic rings. The summed E-state index contributed by atoms with van der Waals surface area (Å²) in [4.78, 5) is 25.1. The van der Waals surface area contributed by atoms with Crippen LogP contribution in [-0.4, -0.2) is 35.5 Å². The number of nitrogens with zero attached hydrogens (tertiary/aromatic N) is 1. The van der Waals surface area contributed by atoms with E-state index in [-0.39, 0.29) is 35.9 Å². The van der Waals surface area contributed by atoms with Crippen LogP contribution in [0.1, 0.15) is 0 Å². The third-order valence-electron chi connectivity index (χ3n) is 3.31. The Hall–Kier alpha value is -1.42.